The van der Waals surface area contributed by atoms with Gasteiger partial charge in [-0.1, -0.05) is 6.07 Å². The van der Waals surface area contributed by atoms with Crippen molar-refractivity contribution in [3.63, 3.8) is 0 Å². The van der Waals surface area contributed by atoms with Crippen LogP contribution in [0.1, 0.15) is 40.0 Å². The largest absolute Gasteiger partial charge is 0.496 e. The van der Waals surface area contributed by atoms with Crippen molar-refractivity contribution in [3.05, 3.63) is 58.8 Å². The van der Waals surface area contributed by atoms with Crippen molar-refractivity contribution in [1.29, 1.82) is 0 Å². The summed E-state index contributed by atoms with van der Waals surface area (Å²) in [6, 6.07) is 8.07. The van der Waals surface area contributed by atoms with Crippen LogP contribution in [0, 0.1) is 6.92 Å². The molecule has 0 aliphatic carbocycles. The molecule has 0 spiro atoms. The van der Waals surface area contributed by atoms with Gasteiger partial charge in [0.25, 0.3) is 6.43 Å². The lowest BCUT2D eigenvalue weighted by Crippen LogP contribution is -2.49. The number of methoxy groups -OCH3 is 2. The van der Waals surface area contributed by atoms with Crippen LogP contribution in [0.3, 0.4) is 0 Å². The molecule has 4 rings (SSSR count). The first-order valence-corrected chi connectivity index (χ1v) is 12.7. The van der Waals surface area contributed by atoms with E-state index >= 15 is 0 Å². The van der Waals surface area contributed by atoms with E-state index in [2.05, 4.69) is 10.2 Å². The molecule has 3 aromatic rings. The number of hydrogen-bond donors (Lipinski definition) is 2. The number of rotatable bonds is 8. The number of carbonyl (C=O) groups is 3. The minimum atomic E-state index is -2.50. The number of hydrogen-bond acceptors (Lipinski definition) is 7. The Kier molecular flexibility index (Phi) is 8.70. The van der Waals surface area contributed by atoms with Crippen molar-refractivity contribution in [1.82, 2.24) is 14.4 Å². The van der Waals surface area contributed by atoms with Crippen molar-refractivity contribution in [3.8, 4) is 5.75 Å². The van der Waals surface area contributed by atoms with Gasteiger partial charge in [0.05, 0.1) is 37.5 Å². The normalized spacial score (nSPS) is 16.3. The molecular formula is C28H32F2N4O6. The Hall–Kier alpha value is -4.03. The molecule has 1 aliphatic heterocycles. The number of ether oxygens (including phenoxy) is 2. The number of piperazine rings is 1. The molecule has 214 valence electrons. The standard InChI is InChI=1S/C28H32F2N4O6/c1-16-11-24(39-3)21(19-7-8-34(26(16)19)28(37)38)13-33-10-9-32(15-25(29)30)14-23(33)18-5-6-20(27(36)40-4)22(12-18)31-17(2)35/h5-8,11-12,23,25H,9-10,13-15H2,1-4H3,(H,31,35)(H,37,38). The smallest absolute Gasteiger partial charge is 0.416 e. The van der Waals surface area contributed by atoms with Gasteiger partial charge in [0, 0.05) is 56.3 Å². The number of amides is 1. The van der Waals surface area contributed by atoms with Gasteiger partial charge < -0.3 is 19.9 Å². The lowest BCUT2D eigenvalue weighted by atomic mass is 9.97. The highest BCUT2D eigenvalue weighted by Crippen LogP contribution is 2.37. The number of nitrogens with one attached hydrogen (secondary N) is 1. The Morgan fingerprint density at radius 2 is 1.90 bits per heavy atom. The lowest BCUT2D eigenvalue weighted by Gasteiger charge is -2.42. The number of carbonyl (C=O) groups excluding carboxylic acids is 2. The highest BCUT2D eigenvalue weighted by molar-refractivity contribution is 6.01. The topological polar surface area (TPSA) is 113 Å². The average Bonchev–Trinajstić information content (AvgIpc) is 3.36. The zero-order valence-corrected chi connectivity index (χ0v) is 22.7. The van der Waals surface area contributed by atoms with Crippen LogP contribution in [-0.4, -0.2) is 84.3 Å². The molecule has 10 nitrogen and oxygen atoms in total. The van der Waals surface area contributed by atoms with Gasteiger partial charge in [0.1, 0.15) is 5.75 Å². The summed E-state index contributed by atoms with van der Waals surface area (Å²) in [5, 5.41) is 13.1. The van der Waals surface area contributed by atoms with Crippen LogP contribution in [0.4, 0.5) is 19.3 Å². The summed E-state index contributed by atoms with van der Waals surface area (Å²) < 4.78 is 38.4. The van der Waals surface area contributed by atoms with Gasteiger partial charge >= 0.3 is 12.1 Å². The Bertz CT molecular complexity index is 1440. The summed E-state index contributed by atoms with van der Waals surface area (Å²) in [6.45, 7) is 4.19. The van der Waals surface area contributed by atoms with Crippen LogP contribution < -0.4 is 10.1 Å². The summed E-state index contributed by atoms with van der Waals surface area (Å²) in [5.74, 6) is -0.413. The third-order valence-electron chi connectivity index (χ3n) is 7.13. The maximum atomic E-state index is 13.3. The number of esters is 1. The van der Waals surface area contributed by atoms with Gasteiger partial charge in [-0.15, -0.1) is 0 Å². The van der Waals surface area contributed by atoms with Gasteiger partial charge in [-0.3, -0.25) is 19.2 Å². The number of alkyl halides is 2. The van der Waals surface area contributed by atoms with E-state index in [0.717, 1.165) is 15.7 Å². The van der Waals surface area contributed by atoms with E-state index in [-0.39, 0.29) is 30.2 Å². The quantitative estimate of drug-likeness (QED) is 0.393. The lowest BCUT2D eigenvalue weighted by molar-refractivity contribution is -0.114. The van der Waals surface area contributed by atoms with E-state index in [9.17, 15) is 28.3 Å². The second kappa shape index (κ2) is 12.0. The molecule has 12 heteroatoms. The third-order valence-corrected chi connectivity index (χ3v) is 7.13. The van der Waals surface area contributed by atoms with E-state index in [0.29, 0.717) is 41.9 Å². The Balaban J connectivity index is 1.79. The average molecular weight is 559 g/mol. The fourth-order valence-corrected chi connectivity index (χ4v) is 5.36. The second-order valence-corrected chi connectivity index (χ2v) is 9.72. The van der Waals surface area contributed by atoms with Crippen molar-refractivity contribution < 1.29 is 37.7 Å². The van der Waals surface area contributed by atoms with Crippen LogP contribution in [0.15, 0.2) is 36.5 Å². The number of fused-ring (bicyclic) bond motifs is 1. The highest BCUT2D eigenvalue weighted by Gasteiger charge is 2.32. The molecule has 1 saturated heterocycles. The van der Waals surface area contributed by atoms with Gasteiger partial charge in [-0.25, -0.2) is 18.4 Å². The number of aromatic nitrogens is 1. The molecule has 40 heavy (non-hydrogen) atoms. The van der Waals surface area contributed by atoms with Gasteiger partial charge in [-0.05, 0) is 42.3 Å². The van der Waals surface area contributed by atoms with E-state index < -0.39 is 24.5 Å². The van der Waals surface area contributed by atoms with Crippen molar-refractivity contribution >= 4 is 34.6 Å². The first-order chi connectivity index (χ1) is 19.0. The molecule has 2 N–H and O–H groups in total. The molecule has 1 aromatic heterocycles. The molecule has 0 saturated carbocycles. The van der Waals surface area contributed by atoms with Crippen LogP contribution >= 0.6 is 0 Å². The fraction of sp³-hybridized carbons (Fsp3) is 0.393. The number of benzene rings is 2. The van der Waals surface area contributed by atoms with Crippen LogP contribution in [0.25, 0.3) is 10.9 Å². The molecule has 2 aromatic carbocycles. The molecular weight excluding hydrogens is 526 g/mol. The monoisotopic (exact) mass is 558 g/mol. The van der Waals surface area contributed by atoms with Crippen molar-refractivity contribution in [2.45, 2.75) is 32.9 Å². The van der Waals surface area contributed by atoms with Crippen molar-refractivity contribution in [2.75, 3.05) is 45.7 Å². The Labute approximate surface area is 230 Å². The maximum Gasteiger partial charge on any atom is 0.416 e. The maximum absolute atomic E-state index is 13.3. The number of anilines is 1. The van der Waals surface area contributed by atoms with E-state index in [1.807, 2.05) is 6.92 Å². The molecule has 1 aliphatic rings. The zero-order valence-electron chi connectivity index (χ0n) is 22.7. The minimum absolute atomic E-state index is 0.171. The number of carboxylic acid groups (broad SMARTS) is 1. The molecule has 0 bridgehead atoms. The summed E-state index contributed by atoms with van der Waals surface area (Å²) in [6.07, 6.45) is -2.12. The van der Waals surface area contributed by atoms with Crippen molar-refractivity contribution in [2.24, 2.45) is 0 Å². The van der Waals surface area contributed by atoms with Gasteiger partial charge in [-0.2, -0.15) is 0 Å². The Morgan fingerprint density at radius 3 is 2.52 bits per heavy atom. The van der Waals surface area contributed by atoms with Crippen LogP contribution in [0.2, 0.25) is 0 Å². The first-order valence-electron chi connectivity index (χ1n) is 12.7. The highest BCUT2D eigenvalue weighted by atomic mass is 19.3. The molecule has 1 unspecified atom stereocenters. The number of halogens is 2. The third kappa shape index (κ3) is 5.92. The van der Waals surface area contributed by atoms with Crippen LogP contribution in [-0.2, 0) is 16.1 Å². The SMILES string of the molecule is COC(=O)c1ccc(C2CN(CC(F)F)CCN2Cc2c(OC)cc(C)c3c2ccn3C(=O)O)cc1NC(C)=O. The Morgan fingerprint density at radius 1 is 1.15 bits per heavy atom. The summed E-state index contributed by atoms with van der Waals surface area (Å²) in [7, 11) is 2.79. The second-order valence-electron chi connectivity index (χ2n) is 9.72. The van der Waals surface area contributed by atoms with Gasteiger partial charge in [0.2, 0.25) is 5.91 Å². The molecule has 1 atom stereocenters. The zero-order chi connectivity index (χ0) is 29.1. The summed E-state index contributed by atoms with van der Waals surface area (Å²) in [5.41, 5.74) is 3.19. The summed E-state index contributed by atoms with van der Waals surface area (Å²) >= 11 is 0. The summed E-state index contributed by atoms with van der Waals surface area (Å²) in [4.78, 5) is 39.8. The number of nitrogens with zero attached hydrogens (tertiary/aromatic N) is 3. The molecule has 1 amide bonds. The van der Waals surface area contributed by atoms with E-state index in [1.54, 1.807) is 42.3 Å². The van der Waals surface area contributed by atoms with Crippen LogP contribution in [0.5, 0.6) is 5.75 Å². The molecule has 1 fully saturated rings. The first kappa shape index (κ1) is 29.0. The van der Waals surface area contributed by atoms with E-state index in [1.165, 1.54) is 20.2 Å². The predicted molar refractivity (Wildman–Crippen MR) is 144 cm³/mol. The predicted octanol–water partition coefficient (Wildman–Crippen LogP) is 4.35. The van der Waals surface area contributed by atoms with Gasteiger partial charge in [0.15, 0.2) is 0 Å². The molecule has 0 radical (unpaired) electrons. The fourth-order valence-electron chi connectivity index (χ4n) is 5.36. The minimum Gasteiger partial charge on any atom is -0.496 e. The molecule has 2 heterocycles. The number of aryl methyl sites for hydroxylation is 1. The van der Waals surface area contributed by atoms with E-state index in [4.69, 9.17) is 9.47 Å².